The summed E-state index contributed by atoms with van der Waals surface area (Å²) in [5, 5.41) is 14.4. The Morgan fingerprint density at radius 2 is 2.00 bits per heavy atom. The number of thiazole rings is 1. The van der Waals surface area contributed by atoms with Gasteiger partial charge in [0, 0.05) is 18.3 Å². The second kappa shape index (κ2) is 6.89. The van der Waals surface area contributed by atoms with Crippen molar-refractivity contribution in [1.29, 1.82) is 0 Å². The molecule has 0 spiro atoms. The van der Waals surface area contributed by atoms with Crippen molar-refractivity contribution in [3.05, 3.63) is 39.9 Å². The van der Waals surface area contributed by atoms with Crippen LogP contribution in [0.5, 0.6) is 0 Å². The number of carboxylic acids is 1. The number of aryl methyl sites for hydroxylation is 1. The highest BCUT2D eigenvalue weighted by atomic mass is 32.1. The van der Waals surface area contributed by atoms with Crippen LogP contribution in [0, 0.1) is 0 Å². The minimum Gasteiger partial charge on any atom is -0.476 e. The van der Waals surface area contributed by atoms with E-state index in [-0.39, 0.29) is 17.3 Å². The third-order valence-electron chi connectivity index (χ3n) is 2.67. The number of carboxylic acid groups (broad SMARTS) is 1. The number of aromatic carboxylic acids is 1. The number of amides is 1. The van der Waals surface area contributed by atoms with E-state index in [1.807, 2.05) is 12.3 Å². The summed E-state index contributed by atoms with van der Waals surface area (Å²) < 4.78 is 0. The number of nitrogens with one attached hydrogen (secondary N) is 1. The van der Waals surface area contributed by atoms with Gasteiger partial charge in [-0.1, -0.05) is 6.92 Å². The molecule has 0 atom stereocenters. The highest BCUT2D eigenvalue weighted by Gasteiger charge is 2.10. The van der Waals surface area contributed by atoms with Crippen LogP contribution in [-0.2, 0) is 12.8 Å². The molecule has 110 valence electrons. The van der Waals surface area contributed by atoms with Gasteiger partial charge in [-0.3, -0.25) is 4.79 Å². The number of hydrogen-bond donors (Lipinski definition) is 2. The van der Waals surface area contributed by atoms with Crippen molar-refractivity contribution < 1.29 is 14.7 Å². The summed E-state index contributed by atoms with van der Waals surface area (Å²) in [6.45, 7) is 2.48. The summed E-state index contributed by atoms with van der Waals surface area (Å²) in [7, 11) is 0. The molecule has 2 heterocycles. The molecule has 0 unspecified atom stereocenters. The molecule has 0 saturated heterocycles. The maximum Gasteiger partial charge on any atom is 0.356 e. The smallest absolute Gasteiger partial charge is 0.356 e. The number of hydrogen-bond acceptors (Lipinski definition) is 6. The van der Waals surface area contributed by atoms with Gasteiger partial charge in [0.05, 0.1) is 23.1 Å². The molecule has 0 bridgehead atoms. The standard InChI is InChI=1S/C13H14N4O3S/c1-2-11-17-8(7-21-11)3-4-14-12(18)9-5-16-10(6-15-9)13(19)20/h5-7H,2-4H2,1H3,(H,14,18)(H,19,20). The van der Waals surface area contributed by atoms with Gasteiger partial charge in [0.2, 0.25) is 0 Å². The van der Waals surface area contributed by atoms with E-state index in [9.17, 15) is 9.59 Å². The lowest BCUT2D eigenvalue weighted by atomic mass is 10.3. The summed E-state index contributed by atoms with van der Waals surface area (Å²) in [4.78, 5) is 34.3. The van der Waals surface area contributed by atoms with Crippen molar-refractivity contribution in [2.75, 3.05) is 6.54 Å². The monoisotopic (exact) mass is 306 g/mol. The van der Waals surface area contributed by atoms with Gasteiger partial charge in [-0.2, -0.15) is 0 Å². The first-order valence-corrected chi connectivity index (χ1v) is 7.25. The van der Waals surface area contributed by atoms with Gasteiger partial charge >= 0.3 is 5.97 Å². The molecule has 0 aromatic carbocycles. The van der Waals surface area contributed by atoms with E-state index in [0.717, 1.165) is 29.5 Å². The summed E-state index contributed by atoms with van der Waals surface area (Å²) in [5.74, 6) is -1.56. The molecule has 0 aliphatic carbocycles. The third kappa shape index (κ3) is 4.06. The van der Waals surface area contributed by atoms with Gasteiger partial charge in [-0.25, -0.2) is 19.7 Å². The second-order valence-corrected chi connectivity index (χ2v) is 5.13. The van der Waals surface area contributed by atoms with Crippen LogP contribution in [-0.4, -0.2) is 38.5 Å². The Bertz CT molecular complexity index is 639. The van der Waals surface area contributed by atoms with Crippen LogP contribution in [0.3, 0.4) is 0 Å². The van der Waals surface area contributed by atoms with E-state index in [1.165, 1.54) is 0 Å². The predicted octanol–water partition coefficient (Wildman–Crippen LogP) is 1.17. The first-order valence-electron chi connectivity index (χ1n) is 6.37. The quantitative estimate of drug-likeness (QED) is 0.830. The zero-order valence-corrected chi connectivity index (χ0v) is 12.2. The van der Waals surface area contributed by atoms with E-state index < -0.39 is 5.97 Å². The van der Waals surface area contributed by atoms with Gasteiger partial charge in [0.15, 0.2) is 5.69 Å². The molecule has 0 saturated carbocycles. The molecular weight excluding hydrogens is 292 g/mol. The van der Waals surface area contributed by atoms with Crippen LogP contribution in [0.15, 0.2) is 17.8 Å². The van der Waals surface area contributed by atoms with Gasteiger partial charge in [-0.15, -0.1) is 11.3 Å². The van der Waals surface area contributed by atoms with Crippen LogP contribution in [0.2, 0.25) is 0 Å². The number of carbonyl (C=O) groups is 2. The largest absolute Gasteiger partial charge is 0.476 e. The Morgan fingerprint density at radius 1 is 1.29 bits per heavy atom. The molecule has 0 radical (unpaired) electrons. The first-order chi connectivity index (χ1) is 10.1. The minimum absolute atomic E-state index is 0.0903. The van der Waals surface area contributed by atoms with Crippen molar-refractivity contribution in [3.8, 4) is 0 Å². The number of carbonyl (C=O) groups excluding carboxylic acids is 1. The fraction of sp³-hybridized carbons (Fsp3) is 0.308. The molecule has 0 aliphatic heterocycles. The fourth-order valence-electron chi connectivity index (χ4n) is 1.58. The molecule has 2 aromatic heterocycles. The first kappa shape index (κ1) is 15.0. The van der Waals surface area contributed by atoms with Gasteiger partial charge in [0.25, 0.3) is 5.91 Å². The van der Waals surface area contributed by atoms with Gasteiger partial charge < -0.3 is 10.4 Å². The second-order valence-electron chi connectivity index (χ2n) is 4.18. The zero-order chi connectivity index (χ0) is 15.2. The molecule has 2 N–H and O–H groups in total. The van der Waals surface area contributed by atoms with E-state index in [4.69, 9.17) is 5.11 Å². The van der Waals surface area contributed by atoms with Crippen molar-refractivity contribution in [2.24, 2.45) is 0 Å². The van der Waals surface area contributed by atoms with Crippen LogP contribution in [0.25, 0.3) is 0 Å². The number of aromatic nitrogens is 3. The number of rotatable bonds is 6. The Labute approximate surface area is 125 Å². The molecule has 21 heavy (non-hydrogen) atoms. The van der Waals surface area contributed by atoms with Crippen LogP contribution < -0.4 is 5.32 Å². The Hall–Kier alpha value is -2.35. The lowest BCUT2D eigenvalue weighted by molar-refractivity contribution is 0.0689. The van der Waals surface area contributed by atoms with E-state index in [2.05, 4.69) is 20.3 Å². The molecule has 2 rings (SSSR count). The maximum atomic E-state index is 11.8. The molecule has 7 nitrogen and oxygen atoms in total. The highest BCUT2D eigenvalue weighted by Crippen LogP contribution is 2.10. The normalized spacial score (nSPS) is 10.3. The number of nitrogens with zero attached hydrogens (tertiary/aromatic N) is 3. The molecule has 0 aliphatic rings. The molecule has 8 heteroatoms. The van der Waals surface area contributed by atoms with Gasteiger partial charge in [-0.05, 0) is 6.42 Å². The SMILES string of the molecule is CCc1nc(CCNC(=O)c2cnc(C(=O)O)cn2)cs1. The average Bonchev–Trinajstić information content (AvgIpc) is 2.95. The highest BCUT2D eigenvalue weighted by molar-refractivity contribution is 7.09. The molecule has 2 aromatic rings. The summed E-state index contributed by atoms with van der Waals surface area (Å²) >= 11 is 1.61. The van der Waals surface area contributed by atoms with E-state index in [0.29, 0.717) is 13.0 Å². The van der Waals surface area contributed by atoms with Crippen molar-refractivity contribution in [2.45, 2.75) is 19.8 Å². The molecular formula is C13H14N4O3S. The van der Waals surface area contributed by atoms with Gasteiger partial charge in [0.1, 0.15) is 5.69 Å². The van der Waals surface area contributed by atoms with Crippen molar-refractivity contribution in [1.82, 2.24) is 20.3 Å². The minimum atomic E-state index is -1.18. The fourth-order valence-corrected chi connectivity index (χ4v) is 2.36. The predicted molar refractivity (Wildman–Crippen MR) is 76.5 cm³/mol. The van der Waals surface area contributed by atoms with Crippen LogP contribution >= 0.6 is 11.3 Å². The van der Waals surface area contributed by atoms with E-state index >= 15 is 0 Å². The summed E-state index contributed by atoms with van der Waals surface area (Å²) in [6, 6.07) is 0. The Morgan fingerprint density at radius 3 is 2.57 bits per heavy atom. The molecule has 0 fully saturated rings. The van der Waals surface area contributed by atoms with Crippen LogP contribution in [0.4, 0.5) is 0 Å². The maximum absolute atomic E-state index is 11.8. The lowest BCUT2D eigenvalue weighted by Gasteiger charge is -2.03. The van der Waals surface area contributed by atoms with Crippen molar-refractivity contribution in [3.63, 3.8) is 0 Å². The summed E-state index contributed by atoms with van der Waals surface area (Å²) in [5.41, 5.74) is 0.845. The third-order valence-corrected chi connectivity index (χ3v) is 3.71. The zero-order valence-electron chi connectivity index (χ0n) is 11.4. The van der Waals surface area contributed by atoms with Crippen LogP contribution in [0.1, 0.15) is 38.6 Å². The topological polar surface area (TPSA) is 105 Å². The summed E-state index contributed by atoms with van der Waals surface area (Å²) in [6.07, 6.45) is 3.76. The molecule has 1 amide bonds. The Kier molecular flexibility index (Phi) is 4.94. The van der Waals surface area contributed by atoms with Crippen molar-refractivity contribution >= 4 is 23.2 Å². The Balaban J connectivity index is 1.85. The lowest BCUT2D eigenvalue weighted by Crippen LogP contribution is -2.27. The average molecular weight is 306 g/mol. The van der Waals surface area contributed by atoms with E-state index in [1.54, 1.807) is 11.3 Å².